The lowest BCUT2D eigenvalue weighted by molar-refractivity contribution is -0.119. The summed E-state index contributed by atoms with van der Waals surface area (Å²) in [7, 11) is 1.55. The predicted molar refractivity (Wildman–Crippen MR) is 90.4 cm³/mol. The number of rotatable bonds is 5. The van der Waals surface area contributed by atoms with Crippen molar-refractivity contribution in [2.75, 3.05) is 12.4 Å². The Morgan fingerprint density at radius 2 is 2.13 bits per heavy atom. The number of aromatic nitrogens is 1. The van der Waals surface area contributed by atoms with E-state index < -0.39 is 0 Å². The molecule has 0 saturated carbocycles. The number of hydrogen-bond acceptors (Lipinski definition) is 4. The molecule has 7 heteroatoms. The molecule has 0 saturated heterocycles. The molecule has 1 heterocycles. The molecule has 0 spiro atoms. The number of nitrogens with one attached hydrogen (secondary N) is 2. The van der Waals surface area contributed by atoms with Gasteiger partial charge in [0.15, 0.2) is 11.6 Å². The molecule has 0 unspecified atom stereocenters. The zero-order chi connectivity index (χ0) is 17.0. The van der Waals surface area contributed by atoms with Crippen molar-refractivity contribution in [3.63, 3.8) is 0 Å². The minimum atomic E-state index is -0.379. The number of carbonyl (C=O) groups excluding carboxylic acids is 1. The highest BCUT2D eigenvalue weighted by molar-refractivity contribution is 9.10. The second-order valence-electron chi connectivity index (χ2n) is 4.95. The summed E-state index contributed by atoms with van der Waals surface area (Å²) in [5.41, 5.74) is 1.84. The van der Waals surface area contributed by atoms with Crippen LogP contribution in [0.1, 0.15) is 18.2 Å². The van der Waals surface area contributed by atoms with Gasteiger partial charge in [-0.2, -0.15) is 0 Å². The minimum absolute atomic E-state index is 0.126. The molecular weight excluding hydrogens is 365 g/mol. The Balaban J connectivity index is 2.28. The van der Waals surface area contributed by atoms with E-state index in [1.807, 2.05) is 13.0 Å². The smallest absolute Gasteiger partial charge is 0.217 e. The quantitative estimate of drug-likeness (QED) is 0.828. The Labute approximate surface area is 142 Å². The molecule has 2 N–H and O–H groups in total. The van der Waals surface area contributed by atoms with Gasteiger partial charge in [0.1, 0.15) is 5.82 Å². The summed E-state index contributed by atoms with van der Waals surface area (Å²) in [5.74, 6) is 0.506. The molecule has 0 bridgehead atoms. The van der Waals surface area contributed by atoms with Gasteiger partial charge in [0.05, 0.1) is 12.8 Å². The topological polar surface area (TPSA) is 63.2 Å². The number of ether oxygens (including phenoxy) is 1. The Kier molecular flexibility index (Phi) is 5.54. The van der Waals surface area contributed by atoms with E-state index in [1.54, 1.807) is 19.2 Å². The molecule has 2 rings (SSSR count). The summed E-state index contributed by atoms with van der Waals surface area (Å²) in [5, 5.41) is 5.69. The van der Waals surface area contributed by atoms with Gasteiger partial charge in [-0.05, 0) is 47.1 Å². The number of hydrogen-bond donors (Lipinski definition) is 2. The average molecular weight is 382 g/mol. The highest BCUT2D eigenvalue weighted by Crippen LogP contribution is 2.30. The number of aryl methyl sites for hydroxylation is 1. The van der Waals surface area contributed by atoms with Crippen molar-refractivity contribution in [1.82, 2.24) is 10.3 Å². The Hall–Kier alpha value is -2.15. The van der Waals surface area contributed by atoms with Crippen LogP contribution in [-0.2, 0) is 11.3 Å². The molecule has 0 aliphatic rings. The van der Waals surface area contributed by atoms with Crippen LogP contribution in [-0.4, -0.2) is 18.0 Å². The zero-order valence-electron chi connectivity index (χ0n) is 13.0. The summed E-state index contributed by atoms with van der Waals surface area (Å²) >= 11 is 3.40. The van der Waals surface area contributed by atoms with Gasteiger partial charge in [-0.25, -0.2) is 9.37 Å². The van der Waals surface area contributed by atoms with E-state index in [-0.39, 0.29) is 18.3 Å². The first kappa shape index (κ1) is 17.2. The molecular formula is C16H17BrFN3O2. The number of methoxy groups -OCH3 is 1. The van der Waals surface area contributed by atoms with Gasteiger partial charge >= 0.3 is 0 Å². The lowest BCUT2D eigenvalue weighted by Crippen LogP contribution is -2.19. The molecule has 2 aromatic rings. The molecule has 1 aromatic heterocycles. The number of pyridine rings is 1. The minimum Gasteiger partial charge on any atom is -0.493 e. The normalized spacial score (nSPS) is 10.3. The molecule has 0 radical (unpaired) electrons. The van der Waals surface area contributed by atoms with E-state index >= 15 is 0 Å². The van der Waals surface area contributed by atoms with Crippen molar-refractivity contribution < 1.29 is 13.9 Å². The molecule has 5 nitrogen and oxygen atoms in total. The standard InChI is InChI=1S/C16H17BrFN3O2/c1-9-13(17)7-15(23-3)16(20-9)21-12-4-5-14(18)11(6-12)8-19-10(2)22/h4-7H,8H2,1-3H3,(H,19,22)(H,20,21). The van der Waals surface area contributed by atoms with Crippen molar-refractivity contribution in [2.24, 2.45) is 0 Å². The molecule has 1 aromatic carbocycles. The fourth-order valence-electron chi connectivity index (χ4n) is 1.95. The largest absolute Gasteiger partial charge is 0.493 e. The van der Waals surface area contributed by atoms with E-state index in [9.17, 15) is 9.18 Å². The van der Waals surface area contributed by atoms with E-state index in [1.165, 1.54) is 13.0 Å². The third-order valence-corrected chi connectivity index (χ3v) is 3.98. The van der Waals surface area contributed by atoms with Crippen LogP contribution in [0.5, 0.6) is 5.75 Å². The molecule has 122 valence electrons. The lowest BCUT2D eigenvalue weighted by Gasteiger charge is -2.13. The van der Waals surface area contributed by atoms with Gasteiger partial charge in [-0.3, -0.25) is 4.79 Å². The van der Waals surface area contributed by atoms with Crippen molar-refractivity contribution in [2.45, 2.75) is 20.4 Å². The van der Waals surface area contributed by atoms with Crippen LogP contribution in [0, 0.1) is 12.7 Å². The fraction of sp³-hybridized carbons (Fsp3) is 0.250. The molecule has 0 aliphatic heterocycles. The van der Waals surface area contributed by atoms with Crippen LogP contribution in [0.4, 0.5) is 15.9 Å². The third-order valence-electron chi connectivity index (χ3n) is 3.17. The SMILES string of the molecule is COc1cc(Br)c(C)nc1Nc1ccc(F)c(CNC(C)=O)c1. The van der Waals surface area contributed by atoms with Crippen LogP contribution in [0.2, 0.25) is 0 Å². The molecule has 0 fully saturated rings. The molecule has 0 atom stereocenters. The van der Waals surface area contributed by atoms with Crippen LogP contribution < -0.4 is 15.4 Å². The van der Waals surface area contributed by atoms with Crippen molar-refractivity contribution in [1.29, 1.82) is 0 Å². The highest BCUT2D eigenvalue weighted by atomic mass is 79.9. The first-order chi connectivity index (χ1) is 10.9. The second-order valence-corrected chi connectivity index (χ2v) is 5.80. The van der Waals surface area contributed by atoms with Gasteiger partial charge in [0.25, 0.3) is 0 Å². The van der Waals surface area contributed by atoms with E-state index in [2.05, 4.69) is 31.5 Å². The average Bonchev–Trinajstić information content (AvgIpc) is 2.51. The Bertz CT molecular complexity index is 738. The van der Waals surface area contributed by atoms with Crippen LogP contribution in [0.3, 0.4) is 0 Å². The first-order valence-corrected chi connectivity index (χ1v) is 7.71. The van der Waals surface area contributed by atoms with Gasteiger partial charge in [0.2, 0.25) is 5.91 Å². The first-order valence-electron chi connectivity index (χ1n) is 6.91. The lowest BCUT2D eigenvalue weighted by atomic mass is 10.2. The summed E-state index contributed by atoms with van der Waals surface area (Å²) in [6, 6.07) is 6.39. The number of benzene rings is 1. The maximum atomic E-state index is 13.8. The summed E-state index contributed by atoms with van der Waals surface area (Å²) in [6.07, 6.45) is 0. The monoisotopic (exact) mass is 381 g/mol. The number of carbonyl (C=O) groups is 1. The van der Waals surface area contributed by atoms with Crippen LogP contribution in [0.25, 0.3) is 0 Å². The number of nitrogens with zero attached hydrogens (tertiary/aromatic N) is 1. The van der Waals surface area contributed by atoms with E-state index in [0.29, 0.717) is 22.8 Å². The maximum Gasteiger partial charge on any atom is 0.217 e. The molecule has 1 amide bonds. The number of anilines is 2. The van der Waals surface area contributed by atoms with E-state index in [4.69, 9.17) is 4.74 Å². The van der Waals surface area contributed by atoms with Crippen molar-refractivity contribution in [3.05, 3.63) is 45.8 Å². The fourth-order valence-corrected chi connectivity index (χ4v) is 2.25. The van der Waals surface area contributed by atoms with Crippen molar-refractivity contribution in [3.8, 4) is 5.75 Å². The van der Waals surface area contributed by atoms with Crippen molar-refractivity contribution >= 4 is 33.3 Å². The summed E-state index contributed by atoms with van der Waals surface area (Å²) in [6.45, 7) is 3.38. The van der Waals surface area contributed by atoms with E-state index in [0.717, 1.165) is 10.2 Å². The number of amides is 1. The van der Waals surface area contributed by atoms with Gasteiger partial charge < -0.3 is 15.4 Å². The maximum absolute atomic E-state index is 13.8. The predicted octanol–water partition coefficient (Wildman–Crippen LogP) is 3.68. The zero-order valence-corrected chi connectivity index (χ0v) is 14.6. The second kappa shape index (κ2) is 7.41. The van der Waals surface area contributed by atoms with Crippen LogP contribution >= 0.6 is 15.9 Å². The summed E-state index contributed by atoms with van der Waals surface area (Å²) < 4.78 is 19.9. The Morgan fingerprint density at radius 1 is 1.39 bits per heavy atom. The van der Waals surface area contributed by atoms with Crippen LogP contribution in [0.15, 0.2) is 28.7 Å². The van der Waals surface area contributed by atoms with Gasteiger partial charge in [-0.15, -0.1) is 0 Å². The highest BCUT2D eigenvalue weighted by Gasteiger charge is 2.10. The molecule has 23 heavy (non-hydrogen) atoms. The van der Waals surface area contributed by atoms with Gasteiger partial charge in [-0.1, -0.05) is 0 Å². The summed E-state index contributed by atoms with van der Waals surface area (Å²) in [4.78, 5) is 15.4. The van der Waals surface area contributed by atoms with Gasteiger partial charge in [0, 0.05) is 29.2 Å². The third kappa shape index (κ3) is 4.41. The Morgan fingerprint density at radius 3 is 2.78 bits per heavy atom. The molecule has 0 aliphatic carbocycles. The number of halogens is 2.